The molecule has 2 saturated heterocycles. The van der Waals surface area contributed by atoms with E-state index in [1.165, 1.54) is 45.3 Å². The first-order valence-electron chi connectivity index (χ1n) is 10.0. The van der Waals surface area contributed by atoms with Gasteiger partial charge in [0.05, 0.1) is 7.11 Å². The number of benzene rings is 1. The fourth-order valence-electron chi connectivity index (χ4n) is 4.30. The fourth-order valence-corrected chi connectivity index (χ4v) is 6.18. The molecule has 0 amide bonds. The van der Waals surface area contributed by atoms with Gasteiger partial charge in [0.25, 0.3) is 0 Å². The first-order chi connectivity index (χ1) is 13.0. The van der Waals surface area contributed by atoms with E-state index >= 15 is 0 Å². The van der Waals surface area contributed by atoms with Gasteiger partial charge in [0.15, 0.2) is 0 Å². The van der Waals surface area contributed by atoms with Gasteiger partial charge >= 0.3 is 0 Å². The van der Waals surface area contributed by atoms with Gasteiger partial charge in [-0.3, -0.25) is 0 Å². The van der Waals surface area contributed by atoms with E-state index in [-0.39, 0.29) is 4.90 Å². The van der Waals surface area contributed by atoms with Crippen molar-refractivity contribution in [2.75, 3.05) is 33.3 Å². The smallest absolute Gasteiger partial charge is 0.246 e. The Hall–Kier alpha value is -0.820. The molecule has 0 atom stereocenters. The third-order valence-corrected chi connectivity index (χ3v) is 8.16. The van der Waals surface area contributed by atoms with Crippen molar-refractivity contribution in [1.82, 2.24) is 9.62 Å². The molecule has 0 unspecified atom stereocenters. The summed E-state index contributed by atoms with van der Waals surface area (Å²) in [6, 6.07) is 4.75. The molecule has 0 radical (unpaired) electrons. The minimum atomic E-state index is -3.57. The summed E-state index contributed by atoms with van der Waals surface area (Å²) in [4.78, 5) is 0.168. The third-order valence-electron chi connectivity index (χ3n) is 6.00. The fraction of sp³-hybridized carbons (Fsp3) is 0.700. The van der Waals surface area contributed by atoms with Gasteiger partial charge in [-0.25, -0.2) is 8.42 Å². The molecule has 0 spiro atoms. The molecular formula is C20H31ClN2O3S. The highest BCUT2D eigenvalue weighted by Gasteiger charge is 2.31. The molecule has 1 N–H and O–H groups in total. The Balaban J connectivity index is 1.51. The summed E-state index contributed by atoms with van der Waals surface area (Å²) < 4.78 is 32.9. The lowest BCUT2D eigenvalue weighted by atomic mass is 9.87. The number of piperidine rings is 2. The minimum absolute atomic E-state index is 0.168. The maximum Gasteiger partial charge on any atom is 0.246 e. The van der Waals surface area contributed by atoms with Gasteiger partial charge in [0.2, 0.25) is 10.0 Å². The van der Waals surface area contributed by atoms with Gasteiger partial charge in [-0.2, -0.15) is 4.31 Å². The molecule has 27 heavy (non-hydrogen) atoms. The van der Waals surface area contributed by atoms with Crippen LogP contribution in [0.1, 0.15) is 44.9 Å². The zero-order valence-corrected chi connectivity index (χ0v) is 17.7. The van der Waals surface area contributed by atoms with Gasteiger partial charge in [0.1, 0.15) is 10.6 Å². The van der Waals surface area contributed by atoms with Crippen LogP contribution in [0.4, 0.5) is 0 Å². The summed E-state index contributed by atoms with van der Waals surface area (Å²) >= 11 is 6.02. The van der Waals surface area contributed by atoms with Crippen LogP contribution in [0.3, 0.4) is 0 Å². The number of halogens is 1. The maximum absolute atomic E-state index is 13.0. The number of rotatable bonds is 7. The van der Waals surface area contributed by atoms with E-state index in [0.29, 0.717) is 29.8 Å². The van der Waals surface area contributed by atoms with E-state index in [1.807, 2.05) is 0 Å². The Morgan fingerprint density at radius 1 is 1.11 bits per heavy atom. The normalized spacial score (nSPS) is 20.7. The van der Waals surface area contributed by atoms with E-state index in [9.17, 15) is 8.42 Å². The predicted molar refractivity (Wildman–Crippen MR) is 109 cm³/mol. The Morgan fingerprint density at radius 2 is 1.74 bits per heavy atom. The highest BCUT2D eigenvalue weighted by molar-refractivity contribution is 7.89. The number of nitrogens with zero attached hydrogens (tertiary/aromatic N) is 1. The predicted octanol–water partition coefficient (Wildman–Crippen LogP) is 3.92. The third kappa shape index (κ3) is 5.37. The molecule has 0 saturated carbocycles. The van der Waals surface area contributed by atoms with Crippen LogP contribution in [0.25, 0.3) is 0 Å². The lowest BCUT2D eigenvalue weighted by molar-refractivity contribution is 0.250. The molecule has 152 valence electrons. The Labute approximate surface area is 168 Å². The minimum Gasteiger partial charge on any atom is -0.495 e. The van der Waals surface area contributed by atoms with Crippen molar-refractivity contribution >= 4 is 21.6 Å². The second-order valence-corrected chi connectivity index (χ2v) is 10.1. The van der Waals surface area contributed by atoms with Gasteiger partial charge in [-0.1, -0.05) is 30.9 Å². The van der Waals surface area contributed by atoms with Gasteiger partial charge in [-0.15, -0.1) is 0 Å². The molecule has 2 fully saturated rings. The summed E-state index contributed by atoms with van der Waals surface area (Å²) in [5.74, 6) is 1.87. The zero-order chi connectivity index (χ0) is 19.3. The van der Waals surface area contributed by atoms with E-state index in [1.54, 1.807) is 16.4 Å². The van der Waals surface area contributed by atoms with E-state index in [4.69, 9.17) is 16.3 Å². The maximum atomic E-state index is 13.0. The number of nitrogens with one attached hydrogen (secondary N) is 1. The van der Waals surface area contributed by atoms with Crippen molar-refractivity contribution in [1.29, 1.82) is 0 Å². The summed E-state index contributed by atoms with van der Waals surface area (Å²) in [5.41, 5.74) is 0. The van der Waals surface area contributed by atoms with Gasteiger partial charge in [-0.05, 0) is 68.8 Å². The second-order valence-electron chi connectivity index (χ2n) is 7.77. The topological polar surface area (TPSA) is 58.6 Å². The van der Waals surface area contributed by atoms with Crippen molar-refractivity contribution in [3.63, 3.8) is 0 Å². The molecule has 0 bridgehead atoms. The average Bonchev–Trinajstić information content (AvgIpc) is 2.69. The Morgan fingerprint density at radius 3 is 2.37 bits per heavy atom. The van der Waals surface area contributed by atoms with Gasteiger partial charge in [0, 0.05) is 18.1 Å². The van der Waals surface area contributed by atoms with E-state index < -0.39 is 10.0 Å². The number of hydrogen-bond donors (Lipinski definition) is 1. The first kappa shape index (κ1) is 20.9. The summed E-state index contributed by atoms with van der Waals surface area (Å²) in [5, 5.41) is 3.82. The zero-order valence-electron chi connectivity index (χ0n) is 16.1. The first-order valence-corrected chi connectivity index (χ1v) is 11.9. The van der Waals surface area contributed by atoms with Crippen molar-refractivity contribution in [3.05, 3.63) is 23.2 Å². The molecule has 3 rings (SSSR count). The van der Waals surface area contributed by atoms with Crippen LogP contribution >= 0.6 is 11.6 Å². The van der Waals surface area contributed by atoms with Crippen molar-refractivity contribution in [3.8, 4) is 5.75 Å². The van der Waals surface area contributed by atoms with Crippen LogP contribution < -0.4 is 10.1 Å². The quantitative estimate of drug-likeness (QED) is 0.734. The molecule has 1 aromatic carbocycles. The Bertz CT molecular complexity index is 712. The molecule has 1 aromatic rings. The van der Waals surface area contributed by atoms with Gasteiger partial charge < -0.3 is 10.1 Å². The highest BCUT2D eigenvalue weighted by atomic mass is 35.5. The molecule has 2 aliphatic heterocycles. The standard InChI is InChI=1S/C20H31ClN2O3S/c1-26-19-6-5-18(21)15-20(19)27(24,25)23-13-9-17(10-14-23)4-2-3-16-7-11-22-12-8-16/h5-6,15-17,22H,2-4,7-14H2,1H3. The summed E-state index contributed by atoms with van der Waals surface area (Å²) in [7, 11) is -2.09. The largest absolute Gasteiger partial charge is 0.495 e. The molecule has 0 aliphatic carbocycles. The number of hydrogen-bond acceptors (Lipinski definition) is 4. The number of sulfonamides is 1. The highest BCUT2D eigenvalue weighted by Crippen LogP contribution is 2.33. The number of ether oxygens (including phenoxy) is 1. The molecule has 7 heteroatoms. The van der Waals surface area contributed by atoms with Crippen molar-refractivity contribution < 1.29 is 13.2 Å². The van der Waals surface area contributed by atoms with Crippen molar-refractivity contribution in [2.24, 2.45) is 11.8 Å². The number of methoxy groups -OCH3 is 1. The van der Waals surface area contributed by atoms with Crippen LogP contribution in [0, 0.1) is 11.8 Å². The van der Waals surface area contributed by atoms with E-state index in [0.717, 1.165) is 31.8 Å². The monoisotopic (exact) mass is 414 g/mol. The molecule has 2 aliphatic rings. The summed E-state index contributed by atoms with van der Waals surface area (Å²) in [6.45, 7) is 3.48. The second kappa shape index (κ2) is 9.59. The average molecular weight is 415 g/mol. The van der Waals surface area contributed by atoms with Crippen LogP contribution in [0.15, 0.2) is 23.1 Å². The van der Waals surface area contributed by atoms with Crippen molar-refractivity contribution in [2.45, 2.75) is 49.8 Å². The molecule has 0 aromatic heterocycles. The molecular weight excluding hydrogens is 384 g/mol. The Kier molecular flexibility index (Phi) is 7.42. The summed E-state index contributed by atoms with van der Waals surface area (Å²) in [6.07, 6.45) is 8.29. The van der Waals surface area contributed by atoms with Crippen LogP contribution in [0.5, 0.6) is 5.75 Å². The van der Waals surface area contributed by atoms with Crippen LogP contribution in [0.2, 0.25) is 5.02 Å². The van der Waals surface area contributed by atoms with Crippen LogP contribution in [-0.4, -0.2) is 46.0 Å². The molecule has 5 nitrogen and oxygen atoms in total. The SMILES string of the molecule is COc1ccc(Cl)cc1S(=O)(=O)N1CCC(CCCC2CCNCC2)CC1. The van der Waals surface area contributed by atoms with E-state index in [2.05, 4.69) is 5.32 Å². The lowest BCUT2D eigenvalue weighted by Crippen LogP contribution is -2.38. The molecule has 2 heterocycles. The van der Waals surface area contributed by atoms with Crippen LogP contribution in [-0.2, 0) is 10.0 Å². The lowest BCUT2D eigenvalue weighted by Gasteiger charge is -2.32.